The third-order valence-electron chi connectivity index (χ3n) is 2.97. The first-order valence-corrected chi connectivity index (χ1v) is 6.46. The SMILES string of the molecule is CC1CCC(C(C(=O)O)N(C)C(=O)OC(C)(C)C)O1. The molecule has 0 saturated carbocycles. The molecule has 6 nitrogen and oxygen atoms in total. The van der Waals surface area contributed by atoms with Gasteiger partial charge in [-0.15, -0.1) is 0 Å². The van der Waals surface area contributed by atoms with Gasteiger partial charge in [0.05, 0.1) is 12.2 Å². The highest BCUT2D eigenvalue weighted by atomic mass is 16.6. The van der Waals surface area contributed by atoms with Crippen LogP contribution in [0.15, 0.2) is 0 Å². The van der Waals surface area contributed by atoms with E-state index in [1.807, 2.05) is 6.92 Å². The monoisotopic (exact) mass is 273 g/mol. The number of carboxylic acid groups (broad SMARTS) is 1. The molecule has 0 aromatic carbocycles. The quantitative estimate of drug-likeness (QED) is 0.849. The molecule has 0 bridgehead atoms. The predicted octanol–water partition coefficient (Wildman–Crippen LogP) is 1.87. The summed E-state index contributed by atoms with van der Waals surface area (Å²) in [5.74, 6) is -1.08. The molecule has 110 valence electrons. The zero-order valence-corrected chi connectivity index (χ0v) is 12.2. The Balaban J connectivity index is 2.76. The van der Waals surface area contributed by atoms with Crippen molar-refractivity contribution in [3.63, 3.8) is 0 Å². The molecule has 1 aliphatic heterocycles. The van der Waals surface area contributed by atoms with Crippen molar-refractivity contribution in [1.82, 2.24) is 4.90 Å². The molecule has 1 rings (SSSR count). The van der Waals surface area contributed by atoms with Gasteiger partial charge in [0.1, 0.15) is 5.60 Å². The van der Waals surface area contributed by atoms with Crippen molar-refractivity contribution in [2.24, 2.45) is 0 Å². The molecule has 1 heterocycles. The number of carbonyl (C=O) groups is 2. The lowest BCUT2D eigenvalue weighted by atomic mass is 10.1. The maximum Gasteiger partial charge on any atom is 0.410 e. The van der Waals surface area contributed by atoms with Gasteiger partial charge in [-0.25, -0.2) is 9.59 Å². The smallest absolute Gasteiger partial charge is 0.410 e. The molecule has 1 amide bonds. The Morgan fingerprint density at radius 3 is 2.32 bits per heavy atom. The Labute approximate surface area is 113 Å². The van der Waals surface area contributed by atoms with E-state index in [-0.39, 0.29) is 6.10 Å². The van der Waals surface area contributed by atoms with Gasteiger partial charge in [0.2, 0.25) is 0 Å². The Kier molecular flexibility index (Phi) is 4.79. The lowest BCUT2D eigenvalue weighted by molar-refractivity contribution is -0.148. The highest BCUT2D eigenvalue weighted by Crippen LogP contribution is 2.25. The van der Waals surface area contributed by atoms with E-state index in [9.17, 15) is 14.7 Å². The van der Waals surface area contributed by atoms with E-state index >= 15 is 0 Å². The topological polar surface area (TPSA) is 76.1 Å². The Morgan fingerprint density at radius 2 is 1.95 bits per heavy atom. The number of carbonyl (C=O) groups excluding carboxylic acids is 1. The van der Waals surface area contributed by atoms with Crippen molar-refractivity contribution < 1.29 is 24.2 Å². The second kappa shape index (κ2) is 5.77. The van der Waals surface area contributed by atoms with E-state index in [0.29, 0.717) is 6.42 Å². The van der Waals surface area contributed by atoms with Crippen LogP contribution in [0.5, 0.6) is 0 Å². The fourth-order valence-electron chi connectivity index (χ4n) is 2.09. The van der Waals surface area contributed by atoms with E-state index in [2.05, 4.69) is 0 Å². The third kappa shape index (κ3) is 4.38. The van der Waals surface area contributed by atoms with Crippen LogP contribution in [0.4, 0.5) is 4.79 Å². The second-order valence-electron chi connectivity index (χ2n) is 5.94. The van der Waals surface area contributed by atoms with E-state index in [4.69, 9.17) is 9.47 Å². The molecule has 3 atom stereocenters. The van der Waals surface area contributed by atoms with Gasteiger partial charge in [0.25, 0.3) is 0 Å². The fourth-order valence-corrected chi connectivity index (χ4v) is 2.09. The molecule has 0 aromatic heterocycles. The molecule has 19 heavy (non-hydrogen) atoms. The van der Waals surface area contributed by atoms with E-state index in [1.54, 1.807) is 20.8 Å². The first-order valence-electron chi connectivity index (χ1n) is 6.46. The van der Waals surface area contributed by atoms with Gasteiger partial charge in [-0.05, 0) is 40.5 Å². The number of aliphatic carboxylic acids is 1. The van der Waals surface area contributed by atoms with Crippen molar-refractivity contribution in [2.45, 2.75) is 64.4 Å². The summed E-state index contributed by atoms with van der Waals surface area (Å²) in [6, 6.07) is -1.01. The van der Waals surface area contributed by atoms with Gasteiger partial charge >= 0.3 is 12.1 Å². The van der Waals surface area contributed by atoms with Crippen molar-refractivity contribution in [3.05, 3.63) is 0 Å². The normalized spacial score (nSPS) is 24.9. The van der Waals surface area contributed by atoms with Crippen LogP contribution >= 0.6 is 0 Å². The van der Waals surface area contributed by atoms with Gasteiger partial charge in [-0.3, -0.25) is 4.90 Å². The Hall–Kier alpha value is -1.30. The molecule has 3 unspecified atom stereocenters. The molecule has 6 heteroatoms. The van der Waals surface area contributed by atoms with E-state index in [1.165, 1.54) is 7.05 Å². The summed E-state index contributed by atoms with van der Waals surface area (Å²) in [5.41, 5.74) is -0.655. The number of hydrogen-bond donors (Lipinski definition) is 1. The predicted molar refractivity (Wildman–Crippen MR) is 69.0 cm³/mol. The zero-order valence-electron chi connectivity index (χ0n) is 12.2. The molecular formula is C13H23NO5. The van der Waals surface area contributed by atoms with Crippen LogP contribution in [-0.4, -0.2) is 53.0 Å². The van der Waals surface area contributed by atoms with Crippen LogP contribution in [0.25, 0.3) is 0 Å². The van der Waals surface area contributed by atoms with E-state index < -0.39 is 29.8 Å². The molecule has 0 spiro atoms. The summed E-state index contributed by atoms with van der Waals surface area (Å²) < 4.78 is 10.7. The highest BCUT2D eigenvalue weighted by Gasteiger charge is 2.40. The van der Waals surface area contributed by atoms with Crippen molar-refractivity contribution in [3.8, 4) is 0 Å². The minimum absolute atomic E-state index is 0.0267. The molecule has 1 aliphatic rings. The standard InChI is InChI=1S/C13H23NO5/c1-8-6-7-9(18-8)10(11(15)16)14(5)12(17)19-13(2,3)4/h8-10H,6-7H2,1-5H3,(H,15,16). The maximum atomic E-state index is 11.9. The Bertz CT molecular complexity index is 349. The largest absolute Gasteiger partial charge is 0.480 e. The molecule has 0 radical (unpaired) electrons. The zero-order chi connectivity index (χ0) is 14.8. The number of likely N-dealkylation sites (N-methyl/N-ethyl adjacent to an activating group) is 1. The van der Waals surface area contributed by atoms with E-state index in [0.717, 1.165) is 11.3 Å². The minimum Gasteiger partial charge on any atom is -0.480 e. The average Bonchev–Trinajstić information content (AvgIpc) is 2.61. The summed E-state index contributed by atoms with van der Waals surface area (Å²) in [6.45, 7) is 7.11. The fraction of sp³-hybridized carbons (Fsp3) is 0.846. The third-order valence-corrected chi connectivity index (χ3v) is 2.97. The van der Waals surface area contributed by atoms with Crippen LogP contribution < -0.4 is 0 Å². The lowest BCUT2D eigenvalue weighted by Gasteiger charge is -2.31. The molecule has 1 N–H and O–H groups in total. The summed E-state index contributed by atoms with van der Waals surface area (Å²) in [4.78, 5) is 24.4. The van der Waals surface area contributed by atoms with Crippen LogP contribution in [-0.2, 0) is 14.3 Å². The van der Waals surface area contributed by atoms with Crippen molar-refractivity contribution in [1.29, 1.82) is 0 Å². The number of nitrogens with zero attached hydrogens (tertiary/aromatic N) is 1. The van der Waals surface area contributed by atoms with Gasteiger partial charge in [-0.2, -0.15) is 0 Å². The highest BCUT2D eigenvalue weighted by molar-refractivity contribution is 5.80. The van der Waals surface area contributed by atoms with Crippen LogP contribution in [0.1, 0.15) is 40.5 Å². The lowest BCUT2D eigenvalue weighted by Crippen LogP contribution is -2.51. The summed E-state index contributed by atoms with van der Waals surface area (Å²) in [7, 11) is 1.43. The van der Waals surface area contributed by atoms with Gasteiger partial charge in [-0.1, -0.05) is 0 Å². The van der Waals surface area contributed by atoms with Crippen molar-refractivity contribution in [2.75, 3.05) is 7.05 Å². The molecule has 1 saturated heterocycles. The summed E-state index contributed by atoms with van der Waals surface area (Å²) >= 11 is 0. The van der Waals surface area contributed by atoms with Gasteiger partial charge in [0, 0.05) is 7.05 Å². The number of hydrogen-bond acceptors (Lipinski definition) is 4. The maximum absolute atomic E-state index is 11.9. The molecule has 0 aromatic rings. The molecule has 1 fully saturated rings. The molecular weight excluding hydrogens is 250 g/mol. The number of ether oxygens (including phenoxy) is 2. The molecule has 0 aliphatic carbocycles. The average molecular weight is 273 g/mol. The first kappa shape index (κ1) is 15.8. The second-order valence-corrected chi connectivity index (χ2v) is 5.94. The van der Waals surface area contributed by atoms with Crippen LogP contribution in [0.2, 0.25) is 0 Å². The minimum atomic E-state index is -1.08. The van der Waals surface area contributed by atoms with Crippen LogP contribution in [0.3, 0.4) is 0 Å². The first-order chi connectivity index (χ1) is 8.61. The van der Waals surface area contributed by atoms with Crippen LogP contribution in [0, 0.1) is 0 Å². The Morgan fingerprint density at radius 1 is 1.37 bits per heavy atom. The van der Waals surface area contributed by atoms with Crippen molar-refractivity contribution >= 4 is 12.1 Å². The van der Waals surface area contributed by atoms with Gasteiger partial charge in [0.15, 0.2) is 6.04 Å². The number of amides is 1. The summed E-state index contributed by atoms with van der Waals surface area (Å²) in [6.07, 6.45) is 0.328. The summed E-state index contributed by atoms with van der Waals surface area (Å²) in [5, 5.41) is 9.31. The van der Waals surface area contributed by atoms with Gasteiger partial charge < -0.3 is 14.6 Å². The number of carboxylic acids is 1. The number of rotatable bonds is 3.